The molecular weight excluding hydrogens is 260 g/mol. The topological polar surface area (TPSA) is 37.0 Å². The standard InChI is InChI=1S/C12H10ClF2N3/c1-16-8-4-9(6-17-5-8)18-12-10(13)2-7(14)3-11(12)15/h2-6,16,18H,1H3. The van der Waals surface area contributed by atoms with Crippen LogP contribution in [0.2, 0.25) is 5.02 Å². The number of hydrogen-bond donors (Lipinski definition) is 2. The lowest BCUT2D eigenvalue weighted by atomic mass is 10.2. The highest BCUT2D eigenvalue weighted by atomic mass is 35.5. The van der Waals surface area contributed by atoms with Gasteiger partial charge in [0.2, 0.25) is 0 Å². The quantitative estimate of drug-likeness (QED) is 0.890. The van der Waals surface area contributed by atoms with Gasteiger partial charge in [-0.15, -0.1) is 0 Å². The summed E-state index contributed by atoms with van der Waals surface area (Å²) in [6.45, 7) is 0. The molecule has 18 heavy (non-hydrogen) atoms. The molecule has 0 aliphatic carbocycles. The average molecular weight is 270 g/mol. The Labute approximate surface area is 108 Å². The summed E-state index contributed by atoms with van der Waals surface area (Å²) >= 11 is 5.78. The third-order valence-electron chi connectivity index (χ3n) is 2.30. The molecule has 1 aromatic carbocycles. The van der Waals surface area contributed by atoms with Gasteiger partial charge in [0.25, 0.3) is 0 Å². The van der Waals surface area contributed by atoms with Crippen LogP contribution >= 0.6 is 11.6 Å². The minimum Gasteiger partial charge on any atom is -0.387 e. The first-order valence-corrected chi connectivity index (χ1v) is 5.52. The Bertz CT molecular complexity index is 552. The molecule has 0 amide bonds. The molecule has 94 valence electrons. The number of anilines is 3. The van der Waals surface area contributed by atoms with Gasteiger partial charge in [-0.3, -0.25) is 4.98 Å². The molecule has 6 heteroatoms. The van der Waals surface area contributed by atoms with Gasteiger partial charge in [0.15, 0.2) is 5.82 Å². The second kappa shape index (κ2) is 5.18. The van der Waals surface area contributed by atoms with E-state index < -0.39 is 11.6 Å². The van der Waals surface area contributed by atoms with E-state index in [0.717, 1.165) is 17.8 Å². The Morgan fingerprint density at radius 2 is 1.83 bits per heavy atom. The number of rotatable bonds is 3. The molecule has 0 saturated heterocycles. The van der Waals surface area contributed by atoms with Crippen LogP contribution in [0, 0.1) is 11.6 Å². The molecule has 2 rings (SSSR count). The van der Waals surface area contributed by atoms with Crippen LogP contribution in [0.25, 0.3) is 0 Å². The summed E-state index contributed by atoms with van der Waals surface area (Å²) in [6, 6.07) is 3.54. The highest BCUT2D eigenvalue weighted by Crippen LogP contribution is 2.29. The maximum Gasteiger partial charge on any atom is 0.151 e. The van der Waals surface area contributed by atoms with Crippen LogP contribution in [-0.4, -0.2) is 12.0 Å². The van der Waals surface area contributed by atoms with Crippen molar-refractivity contribution < 1.29 is 8.78 Å². The number of hydrogen-bond acceptors (Lipinski definition) is 3. The second-order valence-electron chi connectivity index (χ2n) is 3.58. The molecule has 0 saturated carbocycles. The first-order valence-electron chi connectivity index (χ1n) is 5.14. The predicted octanol–water partition coefficient (Wildman–Crippen LogP) is 3.80. The Hall–Kier alpha value is -1.88. The van der Waals surface area contributed by atoms with E-state index in [-0.39, 0.29) is 10.7 Å². The van der Waals surface area contributed by atoms with Crippen molar-refractivity contribution >= 4 is 28.7 Å². The third-order valence-corrected chi connectivity index (χ3v) is 2.60. The zero-order valence-electron chi connectivity index (χ0n) is 9.47. The second-order valence-corrected chi connectivity index (χ2v) is 3.99. The number of pyridine rings is 1. The van der Waals surface area contributed by atoms with Gasteiger partial charge in [-0.1, -0.05) is 11.6 Å². The Morgan fingerprint density at radius 1 is 1.11 bits per heavy atom. The minimum atomic E-state index is -0.755. The van der Waals surface area contributed by atoms with E-state index in [2.05, 4.69) is 15.6 Å². The van der Waals surface area contributed by atoms with Gasteiger partial charge >= 0.3 is 0 Å². The van der Waals surface area contributed by atoms with Crippen LogP contribution in [0.1, 0.15) is 0 Å². The van der Waals surface area contributed by atoms with Crippen LogP contribution in [-0.2, 0) is 0 Å². The summed E-state index contributed by atoms with van der Waals surface area (Å²) in [5, 5.41) is 5.64. The fourth-order valence-electron chi connectivity index (χ4n) is 1.45. The van der Waals surface area contributed by atoms with Gasteiger partial charge in [0, 0.05) is 13.1 Å². The van der Waals surface area contributed by atoms with Crippen molar-refractivity contribution in [2.75, 3.05) is 17.7 Å². The fraction of sp³-hybridized carbons (Fsp3) is 0.0833. The van der Waals surface area contributed by atoms with E-state index in [1.54, 1.807) is 19.3 Å². The van der Waals surface area contributed by atoms with Crippen molar-refractivity contribution in [3.63, 3.8) is 0 Å². The predicted molar refractivity (Wildman–Crippen MR) is 68.4 cm³/mol. The lowest BCUT2D eigenvalue weighted by molar-refractivity contribution is 0.586. The summed E-state index contributed by atoms with van der Waals surface area (Å²) in [4.78, 5) is 3.96. The fourth-order valence-corrected chi connectivity index (χ4v) is 1.69. The van der Waals surface area contributed by atoms with Crippen LogP contribution < -0.4 is 10.6 Å². The maximum absolute atomic E-state index is 13.6. The van der Waals surface area contributed by atoms with Gasteiger partial charge in [-0.25, -0.2) is 8.78 Å². The number of benzene rings is 1. The van der Waals surface area contributed by atoms with Gasteiger partial charge in [-0.2, -0.15) is 0 Å². The maximum atomic E-state index is 13.6. The summed E-state index contributed by atoms with van der Waals surface area (Å²) in [7, 11) is 1.74. The summed E-state index contributed by atoms with van der Waals surface area (Å²) in [5.74, 6) is -1.47. The van der Waals surface area contributed by atoms with Gasteiger partial charge in [-0.05, 0) is 12.1 Å². The molecule has 2 aromatic rings. The van der Waals surface area contributed by atoms with Gasteiger partial charge in [0.1, 0.15) is 5.82 Å². The highest BCUT2D eigenvalue weighted by molar-refractivity contribution is 6.33. The van der Waals surface area contributed by atoms with Crippen molar-refractivity contribution in [2.45, 2.75) is 0 Å². The SMILES string of the molecule is CNc1cncc(Nc2c(F)cc(F)cc2Cl)c1. The van der Waals surface area contributed by atoms with Crippen LogP contribution in [0.5, 0.6) is 0 Å². The van der Waals surface area contributed by atoms with Crippen LogP contribution in [0.15, 0.2) is 30.6 Å². The lowest BCUT2D eigenvalue weighted by Crippen LogP contribution is -1.98. The summed E-state index contributed by atoms with van der Waals surface area (Å²) in [5.41, 5.74) is 1.33. The van der Waals surface area contributed by atoms with Gasteiger partial charge in [0.05, 0.1) is 34.5 Å². The third kappa shape index (κ3) is 2.68. The van der Waals surface area contributed by atoms with E-state index in [9.17, 15) is 8.78 Å². The molecule has 2 N–H and O–H groups in total. The Balaban J connectivity index is 2.33. The van der Waals surface area contributed by atoms with Gasteiger partial charge < -0.3 is 10.6 Å². The molecule has 0 atom stereocenters. The van der Waals surface area contributed by atoms with E-state index in [1.807, 2.05) is 0 Å². The highest BCUT2D eigenvalue weighted by Gasteiger charge is 2.10. The smallest absolute Gasteiger partial charge is 0.151 e. The number of aromatic nitrogens is 1. The zero-order chi connectivity index (χ0) is 13.1. The molecular formula is C12H10ClF2N3. The Kier molecular flexibility index (Phi) is 3.62. The number of nitrogens with zero attached hydrogens (tertiary/aromatic N) is 1. The molecule has 0 unspecified atom stereocenters. The number of halogens is 3. The molecule has 0 fully saturated rings. The molecule has 3 nitrogen and oxygen atoms in total. The van der Waals surface area contributed by atoms with Crippen LogP contribution in [0.3, 0.4) is 0 Å². The van der Waals surface area contributed by atoms with E-state index in [4.69, 9.17) is 11.6 Å². The monoisotopic (exact) mass is 269 g/mol. The van der Waals surface area contributed by atoms with Crippen molar-refractivity contribution in [2.24, 2.45) is 0 Å². The molecule has 0 radical (unpaired) electrons. The van der Waals surface area contributed by atoms with E-state index >= 15 is 0 Å². The molecule has 1 heterocycles. The normalized spacial score (nSPS) is 10.2. The van der Waals surface area contributed by atoms with Crippen LogP contribution in [0.4, 0.5) is 25.8 Å². The molecule has 0 aliphatic heterocycles. The summed E-state index contributed by atoms with van der Waals surface area (Å²) < 4.78 is 26.4. The van der Waals surface area contributed by atoms with Crippen molar-refractivity contribution in [1.29, 1.82) is 0 Å². The minimum absolute atomic E-state index is 0.0214. The lowest BCUT2D eigenvalue weighted by Gasteiger charge is -2.10. The largest absolute Gasteiger partial charge is 0.387 e. The first-order chi connectivity index (χ1) is 8.60. The number of nitrogens with one attached hydrogen (secondary N) is 2. The van der Waals surface area contributed by atoms with E-state index in [1.165, 1.54) is 6.20 Å². The molecule has 0 bridgehead atoms. The Morgan fingerprint density at radius 3 is 2.50 bits per heavy atom. The van der Waals surface area contributed by atoms with Crippen molar-refractivity contribution in [3.05, 3.63) is 47.2 Å². The summed E-state index contributed by atoms with van der Waals surface area (Å²) in [6.07, 6.45) is 3.13. The first kappa shape index (κ1) is 12.6. The zero-order valence-corrected chi connectivity index (χ0v) is 10.2. The molecule has 0 aliphatic rings. The van der Waals surface area contributed by atoms with Crippen molar-refractivity contribution in [3.8, 4) is 0 Å². The molecule has 1 aromatic heterocycles. The molecule has 0 spiro atoms. The van der Waals surface area contributed by atoms with E-state index in [0.29, 0.717) is 5.69 Å². The van der Waals surface area contributed by atoms with Crippen molar-refractivity contribution in [1.82, 2.24) is 4.98 Å². The average Bonchev–Trinajstić information content (AvgIpc) is 2.34.